The van der Waals surface area contributed by atoms with Gasteiger partial charge in [-0.2, -0.15) is 0 Å². The maximum atomic E-state index is 13.1. The highest BCUT2D eigenvalue weighted by Gasteiger charge is 2.47. The first-order chi connectivity index (χ1) is 35.0. The lowest BCUT2D eigenvalue weighted by atomic mass is 9.98. The van der Waals surface area contributed by atoms with Gasteiger partial charge in [0.1, 0.15) is 55.4 Å². The van der Waals surface area contributed by atoms with E-state index in [1.165, 1.54) is 161 Å². The molecule has 0 aromatic heterocycles. The molecule has 2 aliphatic heterocycles. The quantitative estimate of drug-likeness (QED) is 0.0171. The van der Waals surface area contributed by atoms with Gasteiger partial charge in [0, 0.05) is 12.8 Å². The van der Waals surface area contributed by atoms with Gasteiger partial charge in [-0.05, 0) is 38.5 Å². The third-order valence-corrected chi connectivity index (χ3v) is 14.2. The van der Waals surface area contributed by atoms with E-state index in [1.807, 2.05) is 0 Å². The van der Waals surface area contributed by atoms with Gasteiger partial charge < -0.3 is 64.2 Å². The van der Waals surface area contributed by atoms with Gasteiger partial charge in [0.15, 0.2) is 18.7 Å². The third kappa shape index (κ3) is 31.3. The highest BCUT2D eigenvalue weighted by molar-refractivity contribution is 5.70. The van der Waals surface area contributed by atoms with Crippen LogP contribution in [0.2, 0.25) is 0 Å². The van der Waals surface area contributed by atoms with Crippen LogP contribution in [-0.2, 0) is 38.0 Å². The standard InChI is InChI=1S/C57H106O15/c1-3-5-7-9-11-13-15-17-19-21-22-24-25-27-29-31-33-35-37-39-48(59)67-42-45(70-49(60)40-38-36-34-32-30-28-26-23-20-18-16-14-12-10-8-6-4-2)43-68-56-55(66)53(64)51(62)47(72-56)44-69-57-54(65)52(63)50(61)46(41-58)71-57/h14,16,45-47,50-58,61-66H,3-13,15,17-44H2,1-2H3/b16-14+/t45-,46+,47+,50-,51-,52?,53?,54?,55?,56+,57+/m0/s1. The summed E-state index contributed by atoms with van der Waals surface area (Å²) in [6.07, 6.45) is 29.4. The zero-order valence-corrected chi connectivity index (χ0v) is 45.2. The van der Waals surface area contributed by atoms with E-state index in [0.29, 0.717) is 12.8 Å². The molecule has 11 atom stereocenters. The van der Waals surface area contributed by atoms with Crippen LogP contribution in [0.4, 0.5) is 0 Å². The molecule has 0 bridgehead atoms. The summed E-state index contributed by atoms with van der Waals surface area (Å²) in [7, 11) is 0. The Labute approximate surface area is 435 Å². The molecule has 2 fully saturated rings. The topological polar surface area (TPSA) is 231 Å². The average molecular weight is 1030 g/mol. The van der Waals surface area contributed by atoms with E-state index in [-0.39, 0.29) is 26.1 Å². The summed E-state index contributed by atoms with van der Waals surface area (Å²) in [5, 5.41) is 72.3. The maximum Gasteiger partial charge on any atom is 0.306 e. The molecule has 2 heterocycles. The van der Waals surface area contributed by atoms with Gasteiger partial charge in [-0.25, -0.2) is 0 Å². The van der Waals surface area contributed by atoms with E-state index >= 15 is 0 Å². The fourth-order valence-electron chi connectivity index (χ4n) is 9.45. The van der Waals surface area contributed by atoms with Crippen LogP contribution >= 0.6 is 0 Å². The molecule has 7 N–H and O–H groups in total. The minimum Gasteiger partial charge on any atom is -0.462 e. The van der Waals surface area contributed by atoms with E-state index in [2.05, 4.69) is 26.0 Å². The number of hydrogen-bond acceptors (Lipinski definition) is 15. The Bertz CT molecular complexity index is 1300. The lowest BCUT2D eigenvalue weighted by Gasteiger charge is -2.42. The van der Waals surface area contributed by atoms with E-state index in [9.17, 15) is 45.3 Å². The number of carbonyl (C=O) groups excluding carboxylic acids is 2. The van der Waals surface area contributed by atoms with Crippen LogP contribution in [0.1, 0.15) is 245 Å². The second-order valence-electron chi connectivity index (χ2n) is 20.8. The smallest absolute Gasteiger partial charge is 0.306 e. The summed E-state index contributed by atoms with van der Waals surface area (Å²) in [4.78, 5) is 25.9. The molecule has 4 unspecified atom stereocenters. The Hall–Kier alpha value is -1.76. The van der Waals surface area contributed by atoms with E-state index < -0.39 is 92.7 Å². The van der Waals surface area contributed by atoms with Crippen LogP contribution in [0.3, 0.4) is 0 Å². The largest absolute Gasteiger partial charge is 0.462 e. The predicted molar refractivity (Wildman–Crippen MR) is 280 cm³/mol. The molecule has 0 spiro atoms. The summed E-state index contributed by atoms with van der Waals surface area (Å²) in [6, 6.07) is 0. The van der Waals surface area contributed by atoms with E-state index in [4.69, 9.17) is 28.4 Å². The highest BCUT2D eigenvalue weighted by Crippen LogP contribution is 2.27. The second-order valence-corrected chi connectivity index (χ2v) is 20.8. The van der Waals surface area contributed by atoms with Crippen LogP contribution in [0.5, 0.6) is 0 Å². The lowest BCUT2D eigenvalue weighted by Crippen LogP contribution is -2.61. The van der Waals surface area contributed by atoms with Crippen molar-refractivity contribution in [3.8, 4) is 0 Å². The molecule has 72 heavy (non-hydrogen) atoms. The molecular weight excluding hydrogens is 925 g/mol. The fraction of sp³-hybridized carbons (Fsp3) is 0.930. The molecule has 0 amide bonds. The Kier molecular flexibility index (Phi) is 40.9. The summed E-state index contributed by atoms with van der Waals surface area (Å²) in [5.74, 6) is -0.911. The van der Waals surface area contributed by atoms with Crippen molar-refractivity contribution < 1.29 is 73.8 Å². The molecule has 0 aromatic carbocycles. The second kappa shape index (κ2) is 44.4. The van der Waals surface area contributed by atoms with Gasteiger partial charge in [-0.15, -0.1) is 0 Å². The number of esters is 2. The Morgan fingerprint density at radius 3 is 1.24 bits per heavy atom. The normalized spacial score (nSPS) is 25.0. The Morgan fingerprint density at radius 2 is 0.792 bits per heavy atom. The number of aliphatic hydroxyl groups is 7. The van der Waals surface area contributed by atoms with Crippen LogP contribution in [-0.4, -0.2) is 142 Å². The first kappa shape index (κ1) is 66.4. The van der Waals surface area contributed by atoms with Crippen LogP contribution in [0.25, 0.3) is 0 Å². The lowest BCUT2D eigenvalue weighted by molar-refractivity contribution is -0.332. The first-order valence-corrected chi connectivity index (χ1v) is 29.3. The van der Waals surface area contributed by atoms with Crippen molar-refractivity contribution in [1.82, 2.24) is 0 Å². The monoisotopic (exact) mass is 1030 g/mol. The van der Waals surface area contributed by atoms with Crippen molar-refractivity contribution in [2.24, 2.45) is 0 Å². The SMILES string of the molecule is CCCCCC/C=C/CCCCCCCCCCCC(=O)O[C@@H](COC(=O)CCCCCCCCCCCCCCCCCCCCC)CO[C@@H]1O[C@H](CO[C@@H]2O[C@H](CO)[C@H](O)C(O)C2O)[C@H](O)C(O)C1O. The van der Waals surface area contributed by atoms with Gasteiger partial charge in [0.2, 0.25) is 0 Å². The van der Waals surface area contributed by atoms with Gasteiger partial charge >= 0.3 is 11.9 Å². The van der Waals surface area contributed by atoms with Crippen molar-refractivity contribution in [3.63, 3.8) is 0 Å². The molecule has 15 nitrogen and oxygen atoms in total. The van der Waals surface area contributed by atoms with Crippen LogP contribution in [0.15, 0.2) is 12.2 Å². The molecule has 2 saturated heterocycles. The number of unbranched alkanes of at least 4 members (excludes halogenated alkanes) is 31. The molecule has 0 aromatic rings. The van der Waals surface area contributed by atoms with Crippen molar-refractivity contribution in [2.75, 3.05) is 26.4 Å². The predicted octanol–water partition coefficient (Wildman–Crippen LogP) is 9.72. The molecule has 0 aliphatic carbocycles. The number of rotatable bonds is 47. The van der Waals surface area contributed by atoms with Gasteiger partial charge in [-0.3, -0.25) is 9.59 Å². The van der Waals surface area contributed by atoms with Crippen molar-refractivity contribution >= 4 is 11.9 Å². The van der Waals surface area contributed by atoms with Crippen molar-refractivity contribution in [2.45, 2.75) is 313 Å². The molecule has 0 saturated carbocycles. The Morgan fingerprint density at radius 1 is 0.431 bits per heavy atom. The number of ether oxygens (including phenoxy) is 6. The number of carbonyl (C=O) groups is 2. The summed E-state index contributed by atoms with van der Waals surface area (Å²) >= 11 is 0. The Balaban J connectivity index is 1.74. The fourth-order valence-corrected chi connectivity index (χ4v) is 9.45. The van der Waals surface area contributed by atoms with Crippen LogP contribution < -0.4 is 0 Å². The van der Waals surface area contributed by atoms with Crippen molar-refractivity contribution in [1.29, 1.82) is 0 Å². The van der Waals surface area contributed by atoms with Gasteiger partial charge in [-0.1, -0.05) is 206 Å². The minimum atomic E-state index is -1.76. The minimum absolute atomic E-state index is 0.167. The molecular formula is C57H106O15. The third-order valence-electron chi connectivity index (χ3n) is 14.2. The van der Waals surface area contributed by atoms with Crippen LogP contribution in [0, 0.1) is 0 Å². The highest BCUT2D eigenvalue weighted by atomic mass is 16.7. The number of hydrogen-bond donors (Lipinski definition) is 7. The summed E-state index contributed by atoms with van der Waals surface area (Å²) in [6.45, 7) is 2.63. The maximum absolute atomic E-state index is 13.1. The van der Waals surface area contributed by atoms with Gasteiger partial charge in [0.05, 0.1) is 19.8 Å². The molecule has 15 heteroatoms. The van der Waals surface area contributed by atoms with Crippen molar-refractivity contribution in [3.05, 3.63) is 12.2 Å². The average Bonchev–Trinajstić information content (AvgIpc) is 3.37. The first-order valence-electron chi connectivity index (χ1n) is 29.3. The molecule has 2 aliphatic rings. The molecule has 2 rings (SSSR count). The zero-order chi connectivity index (χ0) is 52.4. The molecule has 0 radical (unpaired) electrons. The summed E-state index contributed by atoms with van der Waals surface area (Å²) in [5.41, 5.74) is 0. The number of aliphatic hydroxyl groups excluding tert-OH is 7. The molecule has 424 valence electrons. The zero-order valence-electron chi connectivity index (χ0n) is 45.2. The van der Waals surface area contributed by atoms with Gasteiger partial charge in [0.25, 0.3) is 0 Å². The summed E-state index contributed by atoms with van der Waals surface area (Å²) < 4.78 is 33.7. The van der Waals surface area contributed by atoms with E-state index in [0.717, 1.165) is 44.9 Å². The number of allylic oxidation sites excluding steroid dienone is 2. The van der Waals surface area contributed by atoms with E-state index in [1.54, 1.807) is 0 Å².